The van der Waals surface area contributed by atoms with E-state index in [0.29, 0.717) is 6.04 Å². The smallest absolute Gasteiger partial charge is 0.0221 e. The second kappa shape index (κ2) is 7.03. The Morgan fingerprint density at radius 2 is 2.06 bits per heavy atom. The highest BCUT2D eigenvalue weighted by Crippen LogP contribution is 2.17. The molecule has 98 valence electrons. The molecule has 0 saturated carbocycles. The van der Waals surface area contributed by atoms with Crippen LogP contribution in [0.15, 0.2) is 0 Å². The lowest BCUT2D eigenvalue weighted by atomic mass is 10.00. The molecule has 1 fully saturated rings. The van der Waals surface area contributed by atoms with Crippen molar-refractivity contribution in [3.8, 4) is 11.8 Å². The van der Waals surface area contributed by atoms with Gasteiger partial charge in [0.2, 0.25) is 0 Å². The SMILES string of the molecule is CC#CCCN1CCCCC1CNC(C)(C)C. The molecule has 2 heteroatoms. The van der Waals surface area contributed by atoms with Crippen molar-refractivity contribution in [2.45, 2.75) is 65.0 Å². The minimum Gasteiger partial charge on any atom is -0.311 e. The molecule has 17 heavy (non-hydrogen) atoms. The van der Waals surface area contributed by atoms with Gasteiger partial charge in [-0.3, -0.25) is 4.90 Å². The Kier molecular flexibility index (Phi) is 6.02. The summed E-state index contributed by atoms with van der Waals surface area (Å²) in [5, 5.41) is 3.63. The lowest BCUT2D eigenvalue weighted by Crippen LogP contribution is -2.49. The second-order valence-corrected chi connectivity index (χ2v) is 5.99. The molecule has 0 aliphatic carbocycles. The Labute approximate surface area is 107 Å². The van der Waals surface area contributed by atoms with E-state index >= 15 is 0 Å². The van der Waals surface area contributed by atoms with Gasteiger partial charge in [-0.1, -0.05) is 6.42 Å². The molecule has 1 aliphatic heterocycles. The summed E-state index contributed by atoms with van der Waals surface area (Å²) in [6.07, 6.45) is 5.09. The molecule has 0 radical (unpaired) electrons. The molecule has 1 rings (SSSR count). The molecule has 0 aromatic heterocycles. The highest BCUT2D eigenvalue weighted by atomic mass is 15.2. The molecule has 0 amide bonds. The van der Waals surface area contributed by atoms with Gasteiger partial charge < -0.3 is 5.32 Å². The van der Waals surface area contributed by atoms with Gasteiger partial charge in [0, 0.05) is 31.1 Å². The Morgan fingerprint density at radius 3 is 2.71 bits per heavy atom. The third-order valence-corrected chi connectivity index (χ3v) is 3.32. The molecule has 0 bridgehead atoms. The summed E-state index contributed by atoms with van der Waals surface area (Å²) >= 11 is 0. The summed E-state index contributed by atoms with van der Waals surface area (Å²) in [5.41, 5.74) is 0.229. The largest absolute Gasteiger partial charge is 0.311 e. The molecule has 1 N–H and O–H groups in total. The molecular formula is C15H28N2. The first-order valence-electron chi connectivity index (χ1n) is 6.91. The first-order valence-corrected chi connectivity index (χ1v) is 6.91. The normalized spacial score (nSPS) is 22.0. The van der Waals surface area contributed by atoms with Crippen LogP contribution in [0.2, 0.25) is 0 Å². The fourth-order valence-corrected chi connectivity index (χ4v) is 2.33. The van der Waals surface area contributed by atoms with Gasteiger partial charge in [0.1, 0.15) is 0 Å². The molecule has 1 aliphatic rings. The lowest BCUT2D eigenvalue weighted by Gasteiger charge is -2.37. The second-order valence-electron chi connectivity index (χ2n) is 5.99. The van der Waals surface area contributed by atoms with Gasteiger partial charge in [-0.05, 0) is 47.1 Å². The Bertz CT molecular complexity index is 267. The fourth-order valence-electron chi connectivity index (χ4n) is 2.33. The topological polar surface area (TPSA) is 15.3 Å². The monoisotopic (exact) mass is 236 g/mol. The van der Waals surface area contributed by atoms with Crippen LogP contribution in [0.3, 0.4) is 0 Å². The van der Waals surface area contributed by atoms with Crippen LogP contribution in [-0.4, -0.2) is 36.1 Å². The van der Waals surface area contributed by atoms with Crippen LogP contribution in [0.25, 0.3) is 0 Å². The van der Waals surface area contributed by atoms with Crippen LogP contribution in [0.5, 0.6) is 0 Å². The van der Waals surface area contributed by atoms with Crippen LogP contribution in [0, 0.1) is 11.8 Å². The van der Waals surface area contributed by atoms with Crippen molar-refractivity contribution in [1.82, 2.24) is 10.2 Å². The van der Waals surface area contributed by atoms with E-state index in [4.69, 9.17) is 0 Å². The summed E-state index contributed by atoms with van der Waals surface area (Å²) in [7, 11) is 0. The maximum absolute atomic E-state index is 3.63. The number of rotatable bonds is 4. The summed E-state index contributed by atoms with van der Waals surface area (Å²) < 4.78 is 0. The zero-order valence-corrected chi connectivity index (χ0v) is 12.0. The van der Waals surface area contributed by atoms with Gasteiger partial charge in [0.25, 0.3) is 0 Å². The van der Waals surface area contributed by atoms with Crippen molar-refractivity contribution in [2.24, 2.45) is 0 Å². The van der Waals surface area contributed by atoms with E-state index in [9.17, 15) is 0 Å². The predicted molar refractivity (Wildman–Crippen MR) is 75.0 cm³/mol. The average molecular weight is 236 g/mol. The fraction of sp³-hybridized carbons (Fsp3) is 0.867. The van der Waals surface area contributed by atoms with Gasteiger partial charge in [-0.25, -0.2) is 0 Å². The van der Waals surface area contributed by atoms with Gasteiger partial charge in [0.15, 0.2) is 0 Å². The van der Waals surface area contributed by atoms with Crippen LogP contribution >= 0.6 is 0 Å². The van der Waals surface area contributed by atoms with Crippen molar-refractivity contribution in [3.05, 3.63) is 0 Å². The van der Waals surface area contributed by atoms with E-state index in [2.05, 4.69) is 42.8 Å². The molecule has 1 heterocycles. The van der Waals surface area contributed by atoms with Gasteiger partial charge in [-0.2, -0.15) is 0 Å². The van der Waals surface area contributed by atoms with E-state index in [1.54, 1.807) is 0 Å². The molecule has 2 nitrogen and oxygen atoms in total. The highest BCUT2D eigenvalue weighted by molar-refractivity contribution is 4.96. The predicted octanol–water partition coefficient (Wildman–Crippen LogP) is 2.64. The molecule has 1 saturated heterocycles. The summed E-state index contributed by atoms with van der Waals surface area (Å²) in [6, 6.07) is 0.710. The minimum absolute atomic E-state index is 0.229. The van der Waals surface area contributed by atoms with Crippen LogP contribution in [-0.2, 0) is 0 Å². The quantitative estimate of drug-likeness (QED) is 0.755. The standard InChI is InChI=1S/C15H28N2/c1-5-6-8-11-17-12-9-7-10-14(17)13-16-15(2,3)4/h14,16H,7-13H2,1-4H3. The van der Waals surface area contributed by atoms with Crippen LogP contribution in [0.1, 0.15) is 53.4 Å². The lowest BCUT2D eigenvalue weighted by molar-refractivity contribution is 0.142. The van der Waals surface area contributed by atoms with Gasteiger partial charge >= 0.3 is 0 Å². The van der Waals surface area contributed by atoms with E-state index in [-0.39, 0.29) is 5.54 Å². The number of likely N-dealkylation sites (tertiary alicyclic amines) is 1. The van der Waals surface area contributed by atoms with Crippen molar-refractivity contribution in [2.75, 3.05) is 19.6 Å². The summed E-state index contributed by atoms with van der Waals surface area (Å²) in [4.78, 5) is 2.62. The number of nitrogens with zero attached hydrogens (tertiary/aromatic N) is 1. The van der Waals surface area contributed by atoms with Crippen molar-refractivity contribution >= 4 is 0 Å². The third kappa shape index (κ3) is 6.10. The van der Waals surface area contributed by atoms with E-state index in [1.807, 2.05) is 6.92 Å². The van der Waals surface area contributed by atoms with Crippen LogP contribution < -0.4 is 5.32 Å². The maximum atomic E-state index is 3.63. The Balaban J connectivity index is 2.38. The van der Waals surface area contributed by atoms with Crippen LogP contribution in [0.4, 0.5) is 0 Å². The molecule has 0 aromatic carbocycles. The van der Waals surface area contributed by atoms with Gasteiger partial charge in [0.05, 0.1) is 0 Å². The average Bonchev–Trinajstić information content (AvgIpc) is 2.27. The highest BCUT2D eigenvalue weighted by Gasteiger charge is 2.22. The number of piperidine rings is 1. The molecule has 0 aromatic rings. The Morgan fingerprint density at radius 1 is 1.29 bits per heavy atom. The molecule has 1 atom stereocenters. The molecular weight excluding hydrogens is 208 g/mol. The number of hydrogen-bond acceptors (Lipinski definition) is 2. The number of hydrogen-bond donors (Lipinski definition) is 1. The van der Waals surface area contributed by atoms with Crippen molar-refractivity contribution < 1.29 is 0 Å². The van der Waals surface area contributed by atoms with E-state index in [0.717, 1.165) is 19.5 Å². The van der Waals surface area contributed by atoms with Gasteiger partial charge in [-0.15, -0.1) is 11.8 Å². The summed E-state index contributed by atoms with van der Waals surface area (Å²) in [6.45, 7) is 12.1. The first-order chi connectivity index (χ1) is 8.03. The molecule has 0 spiro atoms. The summed E-state index contributed by atoms with van der Waals surface area (Å²) in [5.74, 6) is 6.16. The van der Waals surface area contributed by atoms with E-state index in [1.165, 1.54) is 25.8 Å². The van der Waals surface area contributed by atoms with E-state index < -0.39 is 0 Å². The third-order valence-electron chi connectivity index (χ3n) is 3.32. The number of nitrogens with one attached hydrogen (secondary N) is 1. The zero-order chi connectivity index (χ0) is 12.7. The minimum atomic E-state index is 0.229. The first kappa shape index (κ1) is 14.5. The maximum Gasteiger partial charge on any atom is 0.0221 e. The molecule has 1 unspecified atom stereocenters. The van der Waals surface area contributed by atoms with Crippen molar-refractivity contribution in [3.63, 3.8) is 0 Å². The Hall–Kier alpha value is -0.520. The zero-order valence-electron chi connectivity index (χ0n) is 12.0. The van der Waals surface area contributed by atoms with Crippen molar-refractivity contribution in [1.29, 1.82) is 0 Å².